The van der Waals surface area contributed by atoms with Gasteiger partial charge in [0.15, 0.2) is 5.96 Å². The number of halogens is 1. The van der Waals surface area contributed by atoms with Gasteiger partial charge in [-0.25, -0.2) is 0 Å². The van der Waals surface area contributed by atoms with Gasteiger partial charge in [0.25, 0.3) is 5.91 Å². The second-order valence-corrected chi connectivity index (χ2v) is 8.97. The molecule has 32 heavy (non-hydrogen) atoms. The van der Waals surface area contributed by atoms with Crippen LogP contribution in [0.5, 0.6) is 0 Å². The summed E-state index contributed by atoms with van der Waals surface area (Å²) < 4.78 is 6.05. The van der Waals surface area contributed by atoms with E-state index in [4.69, 9.17) is 4.74 Å². The number of rotatable bonds is 4. The van der Waals surface area contributed by atoms with Crippen molar-refractivity contribution in [3.63, 3.8) is 0 Å². The number of carbonyl (C=O) groups is 1. The number of aliphatic imine (C=N–C) groups is 1. The van der Waals surface area contributed by atoms with Crippen LogP contribution in [0.3, 0.4) is 0 Å². The summed E-state index contributed by atoms with van der Waals surface area (Å²) in [5.74, 6) is 0.777. The molecule has 1 aliphatic rings. The van der Waals surface area contributed by atoms with Crippen molar-refractivity contribution in [2.45, 2.75) is 45.9 Å². The van der Waals surface area contributed by atoms with Crippen LogP contribution >= 0.6 is 24.0 Å². The van der Waals surface area contributed by atoms with Gasteiger partial charge in [0, 0.05) is 31.2 Å². The van der Waals surface area contributed by atoms with Crippen LogP contribution in [-0.4, -0.2) is 49.0 Å². The van der Waals surface area contributed by atoms with E-state index in [1.165, 1.54) is 11.1 Å². The van der Waals surface area contributed by atoms with Gasteiger partial charge in [-0.3, -0.25) is 9.79 Å². The Morgan fingerprint density at radius 2 is 1.94 bits per heavy atom. The number of carbonyl (C=O) groups excluding carboxylic acids is 1. The van der Waals surface area contributed by atoms with Gasteiger partial charge in [-0.2, -0.15) is 0 Å². The Hall–Kier alpha value is -2.13. The average Bonchev–Trinajstić information content (AvgIpc) is 2.74. The Morgan fingerprint density at radius 3 is 2.62 bits per heavy atom. The molecule has 0 radical (unpaired) electrons. The normalized spacial score (nSPS) is 16.8. The third-order valence-electron chi connectivity index (χ3n) is 5.24. The quantitative estimate of drug-likeness (QED) is 0.339. The molecule has 1 saturated heterocycles. The number of aryl methyl sites for hydroxylation is 1. The number of nitrogens with one attached hydrogen (secondary N) is 2. The first-order chi connectivity index (χ1) is 14.8. The summed E-state index contributed by atoms with van der Waals surface area (Å²) in [6.07, 6.45) is 0.0259. The summed E-state index contributed by atoms with van der Waals surface area (Å²) in [6.45, 7) is 10.8. The van der Waals surface area contributed by atoms with Gasteiger partial charge >= 0.3 is 0 Å². The predicted octanol–water partition coefficient (Wildman–Crippen LogP) is 4.29. The molecule has 0 bridgehead atoms. The fraction of sp³-hybridized carbons (Fsp3) is 0.440. The molecule has 0 spiro atoms. The van der Waals surface area contributed by atoms with E-state index >= 15 is 0 Å². The Balaban J connectivity index is 0.00000363. The van der Waals surface area contributed by atoms with Crippen molar-refractivity contribution in [2.75, 3.05) is 26.7 Å². The Bertz CT molecular complexity index is 940. The van der Waals surface area contributed by atoms with E-state index in [0.717, 1.165) is 24.6 Å². The average molecular weight is 550 g/mol. The van der Waals surface area contributed by atoms with Crippen molar-refractivity contribution in [2.24, 2.45) is 4.99 Å². The molecule has 1 unspecified atom stereocenters. The zero-order chi connectivity index (χ0) is 22.4. The van der Waals surface area contributed by atoms with Gasteiger partial charge in [0.05, 0.1) is 13.2 Å². The van der Waals surface area contributed by atoms with Gasteiger partial charge in [-0.05, 0) is 56.5 Å². The maximum Gasteiger partial charge on any atom is 0.251 e. The molecule has 0 aromatic heterocycles. The minimum atomic E-state index is -0.267. The van der Waals surface area contributed by atoms with E-state index in [9.17, 15) is 4.79 Å². The summed E-state index contributed by atoms with van der Waals surface area (Å²) in [5.41, 5.74) is 3.89. The van der Waals surface area contributed by atoms with Crippen LogP contribution in [0.2, 0.25) is 0 Å². The lowest BCUT2D eigenvalue weighted by atomic mass is 10.0. The van der Waals surface area contributed by atoms with E-state index in [2.05, 4.69) is 51.7 Å². The second-order valence-electron chi connectivity index (χ2n) is 8.97. The van der Waals surface area contributed by atoms with Gasteiger partial charge < -0.3 is 20.3 Å². The fourth-order valence-electron chi connectivity index (χ4n) is 3.73. The number of ether oxygens (including phenoxy) is 1. The molecule has 0 saturated carbocycles. The van der Waals surface area contributed by atoms with Crippen molar-refractivity contribution < 1.29 is 9.53 Å². The minimum absolute atomic E-state index is 0. The second kappa shape index (κ2) is 11.7. The summed E-state index contributed by atoms with van der Waals surface area (Å²) in [7, 11) is 1.80. The highest BCUT2D eigenvalue weighted by Crippen LogP contribution is 2.25. The molecule has 1 heterocycles. The van der Waals surface area contributed by atoms with Gasteiger partial charge in [-0.1, -0.05) is 36.4 Å². The highest BCUT2D eigenvalue weighted by Gasteiger charge is 2.25. The lowest BCUT2D eigenvalue weighted by Crippen LogP contribution is -2.48. The molecule has 174 valence electrons. The van der Waals surface area contributed by atoms with E-state index in [0.29, 0.717) is 18.7 Å². The molecule has 0 aliphatic carbocycles. The molecule has 2 aromatic carbocycles. The number of morpholine rings is 1. The summed E-state index contributed by atoms with van der Waals surface area (Å²) in [4.78, 5) is 19.2. The lowest BCUT2D eigenvalue weighted by Gasteiger charge is -2.35. The van der Waals surface area contributed by atoms with Crippen LogP contribution in [0.4, 0.5) is 0 Å². The molecule has 1 atom stereocenters. The minimum Gasteiger partial charge on any atom is -0.370 e. The number of hydrogen-bond donors (Lipinski definition) is 2. The molecule has 3 rings (SSSR count). The smallest absolute Gasteiger partial charge is 0.251 e. The van der Waals surface area contributed by atoms with E-state index in [1.807, 2.05) is 45.0 Å². The molecule has 1 aliphatic heterocycles. The maximum absolute atomic E-state index is 12.5. The highest BCUT2D eigenvalue weighted by atomic mass is 127. The Kier molecular flexibility index (Phi) is 9.51. The van der Waals surface area contributed by atoms with Crippen molar-refractivity contribution >= 4 is 35.8 Å². The SMILES string of the molecule is CN=C(NCc1cccc(C(=O)NC(C)(C)C)c1)N1CCOC(c2ccccc2C)C1.I. The molecule has 6 nitrogen and oxygen atoms in total. The zero-order valence-corrected chi connectivity index (χ0v) is 22.0. The lowest BCUT2D eigenvalue weighted by molar-refractivity contribution is -0.00834. The molecular weight excluding hydrogens is 515 g/mol. The molecule has 7 heteroatoms. The number of guanidine groups is 1. The van der Waals surface area contributed by atoms with Crippen LogP contribution in [0.15, 0.2) is 53.5 Å². The standard InChI is InChI=1S/C25H34N4O2.HI/c1-18-9-6-7-12-21(18)22-17-29(13-14-31-22)24(26-5)27-16-19-10-8-11-20(15-19)23(30)28-25(2,3)4;/h6-12,15,22H,13-14,16-17H2,1-5H3,(H,26,27)(H,28,30);1H. The van der Waals surface area contributed by atoms with Gasteiger partial charge in [0.2, 0.25) is 0 Å². The number of amides is 1. The van der Waals surface area contributed by atoms with Crippen molar-refractivity contribution in [1.82, 2.24) is 15.5 Å². The first kappa shape index (κ1) is 26.1. The Morgan fingerprint density at radius 1 is 1.19 bits per heavy atom. The van der Waals surface area contributed by atoms with Crippen LogP contribution < -0.4 is 10.6 Å². The molecule has 1 amide bonds. The highest BCUT2D eigenvalue weighted by molar-refractivity contribution is 14.0. The van der Waals surface area contributed by atoms with Crippen molar-refractivity contribution in [1.29, 1.82) is 0 Å². The summed E-state index contributed by atoms with van der Waals surface area (Å²) >= 11 is 0. The van der Waals surface area contributed by atoms with Crippen molar-refractivity contribution in [3.05, 3.63) is 70.8 Å². The summed E-state index contributed by atoms with van der Waals surface area (Å²) in [5, 5.41) is 6.46. The van der Waals surface area contributed by atoms with E-state index in [-0.39, 0.29) is 41.5 Å². The molecule has 2 N–H and O–H groups in total. The fourth-order valence-corrected chi connectivity index (χ4v) is 3.73. The number of benzene rings is 2. The third kappa shape index (κ3) is 7.20. The topological polar surface area (TPSA) is 66.0 Å². The third-order valence-corrected chi connectivity index (χ3v) is 5.24. The van der Waals surface area contributed by atoms with Gasteiger partial charge in [-0.15, -0.1) is 24.0 Å². The molecule has 1 fully saturated rings. The monoisotopic (exact) mass is 550 g/mol. The van der Waals surface area contributed by atoms with E-state index in [1.54, 1.807) is 7.05 Å². The number of nitrogens with zero attached hydrogens (tertiary/aromatic N) is 2. The first-order valence-electron chi connectivity index (χ1n) is 10.8. The van der Waals surface area contributed by atoms with Gasteiger partial charge in [0.1, 0.15) is 6.10 Å². The van der Waals surface area contributed by atoms with Crippen LogP contribution in [0, 0.1) is 6.92 Å². The van der Waals surface area contributed by atoms with Crippen LogP contribution in [0.25, 0.3) is 0 Å². The van der Waals surface area contributed by atoms with E-state index < -0.39 is 0 Å². The zero-order valence-electron chi connectivity index (χ0n) is 19.6. The summed E-state index contributed by atoms with van der Waals surface area (Å²) in [6, 6.07) is 16.1. The largest absolute Gasteiger partial charge is 0.370 e. The predicted molar refractivity (Wildman–Crippen MR) is 141 cm³/mol. The molecule has 2 aromatic rings. The van der Waals surface area contributed by atoms with Crippen molar-refractivity contribution in [3.8, 4) is 0 Å². The Labute approximate surface area is 208 Å². The first-order valence-corrected chi connectivity index (χ1v) is 10.8. The maximum atomic E-state index is 12.5. The molecular formula is C25H35IN4O2. The van der Waals surface area contributed by atoms with Crippen LogP contribution in [0.1, 0.15) is 53.9 Å². The number of hydrogen-bond acceptors (Lipinski definition) is 3. The van der Waals surface area contributed by atoms with Crippen LogP contribution in [-0.2, 0) is 11.3 Å².